The van der Waals surface area contributed by atoms with Gasteiger partial charge < -0.3 is 24.0 Å². The lowest BCUT2D eigenvalue weighted by atomic mass is 9.94. The molecule has 0 N–H and O–H groups in total. The van der Waals surface area contributed by atoms with Crippen LogP contribution < -0.4 is 9.47 Å². The third-order valence-corrected chi connectivity index (χ3v) is 5.77. The van der Waals surface area contributed by atoms with Gasteiger partial charge in [-0.05, 0) is 29.1 Å². The molecular formula is C23H30N2O5S. The minimum Gasteiger partial charge on any atom is -0.454 e. The zero-order valence-electron chi connectivity index (χ0n) is 18.6. The lowest BCUT2D eigenvalue weighted by Gasteiger charge is -2.31. The Hall–Kier alpha value is -2.58. The van der Waals surface area contributed by atoms with E-state index in [1.54, 1.807) is 28.2 Å². The molecule has 0 saturated heterocycles. The molecule has 2 amide bonds. The number of methoxy groups -OCH3 is 1. The van der Waals surface area contributed by atoms with Crippen molar-refractivity contribution in [1.29, 1.82) is 0 Å². The molecule has 8 heteroatoms. The smallest absolute Gasteiger partial charge is 0.242 e. The predicted molar refractivity (Wildman–Crippen MR) is 119 cm³/mol. The van der Waals surface area contributed by atoms with Crippen LogP contribution in [0.3, 0.4) is 0 Å². The zero-order chi connectivity index (χ0) is 22.4. The fourth-order valence-corrected chi connectivity index (χ4v) is 3.99. The lowest BCUT2D eigenvalue weighted by Crippen LogP contribution is -2.47. The second kappa shape index (κ2) is 10.2. The number of hydrogen-bond acceptors (Lipinski definition) is 6. The van der Waals surface area contributed by atoms with E-state index in [1.165, 1.54) is 0 Å². The summed E-state index contributed by atoms with van der Waals surface area (Å²) in [7, 11) is 1.59. The van der Waals surface area contributed by atoms with Crippen LogP contribution in [0.5, 0.6) is 11.5 Å². The number of rotatable bonds is 9. The molecule has 1 aromatic carbocycles. The summed E-state index contributed by atoms with van der Waals surface area (Å²) >= 11 is 1.60. The van der Waals surface area contributed by atoms with Gasteiger partial charge in [0.25, 0.3) is 0 Å². The molecule has 3 rings (SSSR count). The van der Waals surface area contributed by atoms with Crippen molar-refractivity contribution in [2.24, 2.45) is 5.41 Å². The quantitative estimate of drug-likeness (QED) is 0.590. The Labute approximate surface area is 187 Å². The van der Waals surface area contributed by atoms with E-state index >= 15 is 0 Å². The Morgan fingerprint density at radius 2 is 1.87 bits per heavy atom. The van der Waals surface area contributed by atoms with Gasteiger partial charge in [0.1, 0.15) is 0 Å². The maximum absolute atomic E-state index is 13.4. The van der Waals surface area contributed by atoms with Crippen molar-refractivity contribution in [2.45, 2.75) is 33.9 Å². The number of carbonyl (C=O) groups excluding carboxylic acids is 2. The summed E-state index contributed by atoms with van der Waals surface area (Å²) < 4.78 is 16.0. The van der Waals surface area contributed by atoms with Crippen molar-refractivity contribution in [3.05, 3.63) is 46.2 Å². The molecule has 0 saturated carbocycles. The number of carbonyl (C=O) groups is 2. The minimum absolute atomic E-state index is 0.00932. The van der Waals surface area contributed by atoms with Crippen LogP contribution in [0.25, 0.3) is 0 Å². The molecule has 0 unspecified atom stereocenters. The Kier molecular flexibility index (Phi) is 7.56. The molecule has 1 aliphatic heterocycles. The van der Waals surface area contributed by atoms with Gasteiger partial charge in [-0.15, -0.1) is 11.3 Å². The fourth-order valence-electron chi connectivity index (χ4n) is 3.27. The van der Waals surface area contributed by atoms with Gasteiger partial charge in [-0.2, -0.15) is 0 Å². The van der Waals surface area contributed by atoms with Crippen molar-refractivity contribution in [2.75, 3.05) is 33.6 Å². The summed E-state index contributed by atoms with van der Waals surface area (Å²) in [5, 5.41) is 1.99. The van der Waals surface area contributed by atoms with Crippen LogP contribution in [-0.4, -0.2) is 55.2 Å². The number of hydrogen-bond donors (Lipinski definition) is 0. The first-order valence-corrected chi connectivity index (χ1v) is 11.1. The van der Waals surface area contributed by atoms with Gasteiger partial charge >= 0.3 is 0 Å². The van der Waals surface area contributed by atoms with Gasteiger partial charge in [0.05, 0.1) is 19.7 Å². The number of ether oxygens (including phenoxy) is 3. The lowest BCUT2D eigenvalue weighted by molar-refractivity contribution is -0.146. The van der Waals surface area contributed by atoms with E-state index in [0.29, 0.717) is 37.7 Å². The Bertz CT molecular complexity index is 892. The van der Waals surface area contributed by atoms with Crippen LogP contribution in [0.2, 0.25) is 0 Å². The molecule has 0 spiro atoms. The van der Waals surface area contributed by atoms with Gasteiger partial charge in [-0.1, -0.05) is 32.9 Å². The van der Waals surface area contributed by atoms with Crippen molar-refractivity contribution in [3.63, 3.8) is 0 Å². The van der Waals surface area contributed by atoms with Crippen LogP contribution in [0, 0.1) is 5.41 Å². The first-order chi connectivity index (χ1) is 14.8. The predicted octanol–water partition coefficient (Wildman–Crippen LogP) is 3.53. The third-order valence-electron chi connectivity index (χ3n) is 4.91. The van der Waals surface area contributed by atoms with Gasteiger partial charge in [0.15, 0.2) is 11.5 Å². The summed E-state index contributed by atoms with van der Waals surface area (Å²) in [5.41, 5.74) is 0.365. The molecule has 1 aromatic heterocycles. The summed E-state index contributed by atoms with van der Waals surface area (Å²) in [6.07, 6.45) is 0. The van der Waals surface area contributed by atoms with Gasteiger partial charge in [-0.25, -0.2) is 0 Å². The highest BCUT2D eigenvalue weighted by Gasteiger charge is 2.30. The third kappa shape index (κ3) is 6.21. The van der Waals surface area contributed by atoms with Gasteiger partial charge in [-0.3, -0.25) is 9.59 Å². The van der Waals surface area contributed by atoms with Gasteiger partial charge in [0, 0.05) is 30.5 Å². The van der Waals surface area contributed by atoms with E-state index in [9.17, 15) is 9.59 Å². The second-order valence-corrected chi connectivity index (χ2v) is 9.52. The number of nitrogens with zero attached hydrogens (tertiary/aromatic N) is 2. The first-order valence-electron chi connectivity index (χ1n) is 10.2. The second-order valence-electron chi connectivity index (χ2n) is 8.49. The SMILES string of the molecule is COCCN(CC(=O)N(Cc1ccc2c(c1)OCO2)Cc1cccs1)C(=O)C(C)(C)C. The van der Waals surface area contributed by atoms with Crippen LogP contribution in [-0.2, 0) is 27.4 Å². The number of fused-ring (bicyclic) bond motifs is 1. The molecule has 0 atom stereocenters. The standard InChI is InChI=1S/C23H30N2O5S/c1-23(2,3)22(27)24(9-10-28-4)15-21(26)25(14-18-6-5-11-31-18)13-17-7-8-19-20(12-17)30-16-29-19/h5-8,11-12H,9-10,13-16H2,1-4H3. The molecule has 0 bridgehead atoms. The van der Waals surface area contributed by atoms with E-state index in [4.69, 9.17) is 14.2 Å². The monoisotopic (exact) mass is 446 g/mol. The molecule has 1 aliphatic rings. The normalized spacial score (nSPS) is 12.6. The molecule has 0 fully saturated rings. The van der Waals surface area contributed by atoms with Crippen molar-refractivity contribution in [3.8, 4) is 11.5 Å². The molecule has 2 aromatic rings. The summed E-state index contributed by atoms with van der Waals surface area (Å²) in [6.45, 7) is 7.43. The van der Waals surface area contributed by atoms with E-state index in [2.05, 4.69) is 0 Å². The molecule has 168 valence electrons. The minimum atomic E-state index is -0.579. The van der Waals surface area contributed by atoms with E-state index in [1.807, 2.05) is 56.5 Å². The molecule has 0 aliphatic carbocycles. The van der Waals surface area contributed by atoms with Crippen LogP contribution in [0.4, 0.5) is 0 Å². The topological polar surface area (TPSA) is 68.3 Å². The average Bonchev–Trinajstić information content (AvgIpc) is 3.40. The van der Waals surface area contributed by atoms with E-state index in [0.717, 1.165) is 10.4 Å². The zero-order valence-corrected chi connectivity index (χ0v) is 19.4. The molecule has 7 nitrogen and oxygen atoms in total. The average molecular weight is 447 g/mol. The van der Waals surface area contributed by atoms with E-state index in [-0.39, 0.29) is 25.2 Å². The van der Waals surface area contributed by atoms with Crippen LogP contribution in [0.15, 0.2) is 35.7 Å². The fraction of sp³-hybridized carbons (Fsp3) is 0.478. The van der Waals surface area contributed by atoms with E-state index < -0.39 is 5.41 Å². The maximum atomic E-state index is 13.4. The Morgan fingerprint density at radius 3 is 2.55 bits per heavy atom. The van der Waals surface area contributed by atoms with Crippen molar-refractivity contribution < 1.29 is 23.8 Å². The largest absolute Gasteiger partial charge is 0.454 e. The molecule has 2 heterocycles. The van der Waals surface area contributed by atoms with Crippen LogP contribution in [0.1, 0.15) is 31.2 Å². The number of amides is 2. The summed E-state index contributed by atoms with van der Waals surface area (Å²) in [4.78, 5) is 30.7. The first kappa shape index (κ1) is 23.1. The highest BCUT2D eigenvalue weighted by atomic mass is 32.1. The number of benzene rings is 1. The molecular weight excluding hydrogens is 416 g/mol. The Balaban J connectivity index is 1.78. The number of thiophene rings is 1. The maximum Gasteiger partial charge on any atom is 0.242 e. The molecule has 31 heavy (non-hydrogen) atoms. The van der Waals surface area contributed by atoms with Crippen molar-refractivity contribution >= 4 is 23.2 Å². The summed E-state index contributed by atoms with van der Waals surface area (Å²) in [5.74, 6) is 1.21. The van der Waals surface area contributed by atoms with Gasteiger partial charge in [0.2, 0.25) is 18.6 Å². The Morgan fingerprint density at radius 1 is 1.10 bits per heavy atom. The van der Waals surface area contributed by atoms with Crippen molar-refractivity contribution in [1.82, 2.24) is 9.80 Å². The summed E-state index contributed by atoms with van der Waals surface area (Å²) in [6, 6.07) is 9.68. The molecule has 0 radical (unpaired) electrons. The highest BCUT2D eigenvalue weighted by molar-refractivity contribution is 7.09. The van der Waals surface area contributed by atoms with Crippen LogP contribution >= 0.6 is 11.3 Å². The highest BCUT2D eigenvalue weighted by Crippen LogP contribution is 2.33.